The van der Waals surface area contributed by atoms with E-state index in [1.807, 2.05) is 17.9 Å². The standard InChI is InChI=1S/C4H4NP.H2O/c1-2-4-6-5-3-1;/h1-4H;1H2. The molecule has 0 amide bonds. The maximum atomic E-state index is 3.88. The fourth-order valence-electron chi connectivity index (χ4n) is 0.253. The van der Waals surface area contributed by atoms with Crippen molar-refractivity contribution in [2.45, 2.75) is 0 Å². The first-order valence-electron chi connectivity index (χ1n) is 1.72. The van der Waals surface area contributed by atoms with E-state index >= 15 is 0 Å². The molecule has 2 nitrogen and oxygen atoms in total. The van der Waals surface area contributed by atoms with Crippen molar-refractivity contribution in [2.75, 3.05) is 0 Å². The minimum atomic E-state index is 0. The third-order valence-corrected chi connectivity index (χ3v) is 1.06. The van der Waals surface area contributed by atoms with Gasteiger partial charge in [0.25, 0.3) is 0 Å². The summed E-state index contributed by atoms with van der Waals surface area (Å²) in [7, 11) is 1.06. The van der Waals surface area contributed by atoms with Crippen molar-refractivity contribution in [1.82, 2.24) is 4.75 Å². The van der Waals surface area contributed by atoms with Gasteiger partial charge in [-0.2, -0.15) is 0 Å². The lowest BCUT2D eigenvalue weighted by molar-refractivity contribution is 0.824. The monoisotopic (exact) mass is 115 g/mol. The lowest BCUT2D eigenvalue weighted by Gasteiger charge is -1.68. The Labute approximate surface area is 43.7 Å². The molecule has 0 radical (unpaired) electrons. The number of nitrogens with zero attached hydrogens (tertiary/aromatic N) is 1. The predicted octanol–water partition coefficient (Wildman–Crippen LogP) is 0.837. The van der Waals surface area contributed by atoms with E-state index in [4.69, 9.17) is 0 Å². The second-order valence-corrected chi connectivity index (χ2v) is 1.67. The molecular formula is C4H6NOP. The van der Waals surface area contributed by atoms with E-state index < -0.39 is 0 Å². The molecule has 0 aromatic carbocycles. The highest BCUT2D eigenvalue weighted by Gasteiger charge is 1.59. The summed E-state index contributed by atoms with van der Waals surface area (Å²) in [6, 6.07) is 3.89. The zero-order valence-electron chi connectivity index (χ0n) is 3.70. The van der Waals surface area contributed by atoms with Gasteiger partial charge in [0.15, 0.2) is 0 Å². The Hall–Kier alpha value is -0.460. The smallest absolute Gasteiger partial charge is 0.0372 e. The van der Waals surface area contributed by atoms with Crippen LogP contribution in [0.25, 0.3) is 0 Å². The molecular weight excluding hydrogens is 109 g/mol. The fraction of sp³-hybridized carbons (Fsp3) is 0. The van der Waals surface area contributed by atoms with E-state index in [1.165, 1.54) is 0 Å². The third-order valence-electron chi connectivity index (χ3n) is 0.483. The van der Waals surface area contributed by atoms with Gasteiger partial charge in [-0.25, -0.2) is 4.75 Å². The van der Waals surface area contributed by atoms with Crippen LogP contribution in [0.4, 0.5) is 0 Å². The molecule has 0 aliphatic heterocycles. The van der Waals surface area contributed by atoms with Crippen LogP contribution in [-0.2, 0) is 0 Å². The SMILES string of the molecule is O.c1ccpnc1. The van der Waals surface area contributed by atoms with Gasteiger partial charge in [-0.3, -0.25) is 0 Å². The lowest BCUT2D eigenvalue weighted by atomic mass is 10.7. The Morgan fingerprint density at radius 1 is 1.29 bits per heavy atom. The van der Waals surface area contributed by atoms with Crippen LogP contribution in [-0.4, -0.2) is 10.2 Å². The molecule has 0 bridgehead atoms. The normalized spacial score (nSPS) is 8.00. The number of hydrogen-bond donors (Lipinski definition) is 0. The van der Waals surface area contributed by atoms with Crippen LogP contribution >= 0.6 is 8.35 Å². The molecule has 1 aromatic rings. The van der Waals surface area contributed by atoms with Gasteiger partial charge in [0, 0.05) is 14.5 Å². The molecule has 1 rings (SSSR count). The summed E-state index contributed by atoms with van der Waals surface area (Å²) in [6.07, 6.45) is 1.79. The van der Waals surface area contributed by atoms with Gasteiger partial charge < -0.3 is 5.48 Å². The van der Waals surface area contributed by atoms with Gasteiger partial charge in [-0.15, -0.1) is 0 Å². The average Bonchev–Trinajstić information content (AvgIpc) is 1.72. The summed E-state index contributed by atoms with van der Waals surface area (Å²) in [5, 5.41) is 0. The van der Waals surface area contributed by atoms with Crippen molar-refractivity contribution >= 4 is 8.35 Å². The maximum Gasteiger partial charge on any atom is 0.0372 e. The van der Waals surface area contributed by atoms with Crippen molar-refractivity contribution in [3.05, 3.63) is 24.1 Å². The van der Waals surface area contributed by atoms with Crippen LogP contribution in [0.5, 0.6) is 0 Å². The zero-order valence-corrected chi connectivity index (χ0v) is 4.60. The highest BCUT2D eigenvalue weighted by Crippen LogP contribution is 1.91. The Kier molecular flexibility index (Phi) is 3.48. The first kappa shape index (κ1) is 6.54. The minimum Gasteiger partial charge on any atom is -0.412 e. The molecule has 0 fully saturated rings. The average molecular weight is 115 g/mol. The summed E-state index contributed by atoms with van der Waals surface area (Å²) in [6.45, 7) is 0. The first-order valence-corrected chi connectivity index (χ1v) is 2.63. The van der Waals surface area contributed by atoms with Gasteiger partial charge in [-0.1, -0.05) is 6.07 Å². The van der Waals surface area contributed by atoms with Crippen molar-refractivity contribution in [1.29, 1.82) is 0 Å². The quantitative estimate of drug-likeness (QED) is 0.494. The molecule has 2 N–H and O–H groups in total. The second-order valence-electron chi connectivity index (χ2n) is 0.914. The fourth-order valence-corrected chi connectivity index (χ4v) is 0.661. The summed E-state index contributed by atoms with van der Waals surface area (Å²) in [5.74, 6) is 1.99. The molecule has 3 heteroatoms. The molecule has 1 heterocycles. The summed E-state index contributed by atoms with van der Waals surface area (Å²) >= 11 is 0. The first-order chi connectivity index (χ1) is 3.00. The molecule has 0 saturated carbocycles. The Bertz CT molecular complexity index is 83.6. The van der Waals surface area contributed by atoms with Crippen LogP contribution in [0.2, 0.25) is 0 Å². The van der Waals surface area contributed by atoms with Crippen molar-refractivity contribution in [2.24, 2.45) is 0 Å². The molecule has 0 unspecified atom stereocenters. The highest BCUT2D eigenvalue weighted by molar-refractivity contribution is 7.24. The number of rotatable bonds is 0. The predicted molar refractivity (Wildman–Crippen MR) is 30.4 cm³/mol. The van der Waals surface area contributed by atoms with E-state index in [9.17, 15) is 0 Å². The van der Waals surface area contributed by atoms with E-state index in [-0.39, 0.29) is 5.48 Å². The third kappa shape index (κ3) is 2.26. The van der Waals surface area contributed by atoms with E-state index in [0.717, 1.165) is 8.35 Å². The molecule has 7 heavy (non-hydrogen) atoms. The summed E-state index contributed by atoms with van der Waals surface area (Å²) in [5.41, 5.74) is 0. The van der Waals surface area contributed by atoms with E-state index in [2.05, 4.69) is 4.75 Å². The zero-order chi connectivity index (χ0) is 4.24. The van der Waals surface area contributed by atoms with E-state index in [0.29, 0.717) is 0 Å². The van der Waals surface area contributed by atoms with Crippen molar-refractivity contribution in [3.63, 3.8) is 0 Å². The molecule has 38 valence electrons. The van der Waals surface area contributed by atoms with Crippen LogP contribution in [0.15, 0.2) is 24.1 Å². The molecule has 0 aliphatic rings. The summed E-state index contributed by atoms with van der Waals surface area (Å²) in [4.78, 5) is 0. The van der Waals surface area contributed by atoms with Gasteiger partial charge in [0.1, 0.15) is 0 Å². The number of hydrogen-bond acceptors (Lipinski definition) is 1. The topological polar surface area (TPSA) is 44.4 Å². The maximum absolute atomic E-state index is 3.88. The van der Waals surface area contributed by atoms with E-state index in [1.54, 1.807) is 6.20 Å². The minimum absolute atomic E-state index is 0. The van der Waals surface area contributed by atoms with Gasteiger partial charge in [0.2, 0.25) is 0 Å². The molecule has 1 aromatic heterocycles. The Morgan fingerprint density at radius 3 is 2.29 bits per heavy atom. The molecule has 0 aliphatic carbocycles. The largest absolute Gasteiger partial charge is 0.412 e. The van der Waals surface area contributed by atoms with Crippen molar-refractivity contribution < 1.29 is 5.48 Å². The van der Waals surface area contributed by atoms with Crippen LogP contribution in [0.3, 0.4) is 0 Å². The lowest BCUT2D eigenvalue weighted by Crippen LogP contribution is -1.49. The molecule has 0 atom stereocenters. The molecule has 0 spiro atoms. The molecule has 0 saturated heterocycles. The Balaban J connectivity index is 0.000000360. The highest BCUT2D eigenvalue weighted by atomic mass is 31.0. The Morgan fingerprint density at radius 2 is 2.14 bits per heavy atom. The summed E-state index contributed by atoms with van der Waals surface area (Å²) < 4.78 is 3.88. The number of aromatic nitrogens is 1. The van der Waals surface area contributed by atoms with Crippen LogP contribution in [0, 0.1) is 0 Å². The van der Waals surface area contributed by atoms with Gasteiger partial charge in [0.05, 0.1) is 0 Å². The second kappa shape index (κ2) is 3.72. The van der Waals surface area contributed by atoms with Crippen LogP contribution < -0.4 is 0 Å². The van der Waals surface area contributed by atoms with Crippen molar-refractivity contribution in [3.8, 4) is 0 Å². The van der Waals surface area contributed by atoms with Gasteiger partial charge >= 0.3 is 0 Å². The van der Waals surface area contributed by atoms with Gasteiger partial charge in [-0.05, 0) is 11.9 Å². The van der Waals surface area contributed by atoms with Crippen LogP contribution in [0.1, 0.15) is 0 Å².